The third-order valence-electron chi connectivity index (χ3n) is 8.33. The van der Waals surface area contributed by atoms with Crippen LogP contribution in [0.4, 0.5) is 0 Å². The molecule has 0 aromatic heterocycles. The van der Waals surface area contributed by atoms with Crippen molar-refractivity contribution in [3.8, 4) is 0 Å². The summed E-state index contributed by atoms with van der Waals surface area (Å²) < 4.78 is 0. The van der Waals surface area contributed by atoms with Crippen LogP contribution in [0, 0.1) is 11.8 Å². The van der Waals surface area contributed by atoms with E-state index >= 15 is 0 Å². The van der Waals surface area contributed by atoms with Crippen LogP contribution in [0.15, 0.2) is 59.3 Å². The van der Waals surface area contributed by atoms with Crippen molar-refractivity contribution in [3.63, 3.8) is 0 Å². The zero-order valence-corrected chi connectivity index (χ0v) is 18.0. The molecular weight excluding hydrogens is 354 g/mol. The lowest BCUT2D eigenvalue weighted by Gasteiger charge is -2.40. The minimum atomic E-state index is 0.377. The van der Waals surface area contributed by atoms with E-state index in [1.54, 1.807) is 16.7 Å². The maximum atomic E-state index is 6.61. The maximum absolute atomic E-state index is 6.61. The van der Waals surface area contributed by atoms with Gasteiger partial charge in [0.05, 0.1) is 0 Å². The van der Waals surface area contributed by atoms with E-state index in [-0.39, 0.29) is 0 Å². The molecule has 3 aliphatic carbocycles. The highest BCUT2D eigenvalue weighted by Crippen LogP contribution is 2.46. The quantitative estimate of drug-likeness (QED) is 0.509. The first kappa shape index (κ1) is 19.5. The molecule has 2 fully saturated rings. The van der Waals surface area contributed by atoms with Gasteiger partial charge in [0.1, 0.15) is 0 Å². The van der Waals surface area contributed by atoms with E-state index in [0.29, 0.717) is 30.0 Å². The van der Waals surface area contributed by atoms with Crippen molar-refractivity contribution in [3.05, 3.63) is 59.3 Å². The van der Waals surface area contributed by atoms with Gasteiger partial charge in [0.25, 0.3) is 0 Å². The highest BCUT2D eigenvalue weighted by atomic mass is 15.5. The van der Waals surface area contributed by atoms with Crippen LogP contribution in [0.5, 0.6) is 0 Å². The molecule has 156 valence electrons. The molecule has 0 radical (unpaired) electrons. The van der Waals surface area contributed by atoms with Crippen molar-refractivity contribution in [2.24, 2.45) is 17.7 Å². The number of hydrazine groups is 1. The van der Waals surface area contributed by atoms with Crippen LogP contribution in [0.2, 0.25) is 0 Å². The summed E-state index contributed by atoms with van der Waals surface area (Å²) in [5, 5.41) is 2.15. The van der Waals surface area contributed by atoms with Gasteiger partial charge < -0.3 is 4.90 Å². The summed E-state index contributed by atoms with van der Waals surface area (Å²) in [5.41, 5.74) is 6.23. The Morgan fingerprint density at radius 3 is 2.86 bits per heavy atom. The van der Waals surface area contributed by atoms with E-state index in [2.05, 4.69) is 53.9 Å². The highest BCUT2D eigenvalue weighted by Gasteiger charge is 2.44. The fraction of sp³-hybridized carbons (Fsp3) is 0.615. The molecule has 0 spiro atoms. The van der Waals surface area contributed by atoms with Gasteiger partial charge in [-0.05, 0) is 87.6 Å². The minimum absolute atomic E-state index is 0.377. The number of rotatable bonds is 1. The van der Waals surface area contributed by atoms with Gasteiger partial charge in [-0.1, -0.05) is 49.0 Å². The van der Waals surface area contributed by atoms with Crippen LogP contribution in [0.1, 0.15) is 57.8 Å². The average molecular weight is 392 g/mol. The molecule has 5 atom stereocenters. The summed E-state index contributed by atoms with van der Waals surface area (Å²) in [6, 6.07) is 1.41. The Balaban J connectivity index is 1.38. The molecule has 0 aromatic carbocycles. The molecule has 29 heavy (non-hydrogen) atoms. The van der Waals surface area contributed by atoms with Crippen molar-refractivity contribution in [1.29, 1.82) is 0 Å². The molecular formula is C26H37N3. The van der Waals surface area contributed by atoms with Gasteiger partial charge in [0.15, 0.2) is 0 Å². The fourth-order valence-corrected chi connectivity index (χ4v) is 6.60. The summed E-state index contributed by atoms with van der Waals surface area (Å²) in [6.45, 7) is 5.73. The SMILES string of the molecule is C=C1CCCCCN(C)C2CC(C3=CC4C(CC3)C3=CC=CC[C@@H]3N4N)=CCC12. The van der Waals surface area contributed by atoms with Crippen molar-refractivity contribution < 1.29 is 0 Å². The van der Waals surface area contributed by atoms with Gasteiger partial charge in [-0.25, -0.2) is 5.01 Å². The molecule has 5 aliphatic rings. The number of nitrogens with two attached hydrogens (primary N) is 1. The van der Waals surface area contributed by atoms with Crippen molar-refractivity contribution >= 4 is 0 Å². The smallest absolute Gasteiger partial charge is 0.0499 e. The van der Waals surface area contributed by atoms with Crippen LogP contribution in [-0.4, -0.2) is 41.6 Å². The second-order valence-corrected chi connectivity index (χ2v) is 9.91. The average Bonchev–Trinajstić information content (AvgIpc) is 3.07. The van der Waals surface area contributed by atoms with Crippen LogP contribution in [0.3, 0.4) is 0 Å². The predicted molar refractivity (Wildman–Crippen MR) is 121 cm³/mol. The largest absolute Gasteiger partial charge is 0.302 e. The first-order chi connectivity index (χ1) is 14.1. The molecule has 0 bridgehead atoms. The molecule has 2 saturated heterocycles. The van der Waals surface area contributed by atoms with Crippen LogP contribution in [0.25, 0.3) is 0 Å². The van der Waals surface area contributed by atoms with Gasteiger partial charge >= 0.3 is 0 Å². The number of fused-ring (bicyclic) bond motifs is 4. The summed E-state index contributed by atoms with van der Waals surface area (Å²) in [4.78, 5) is 2.64. The minimum Gasteiger partial charge on any atom is -0.302 e. The molecule has 2 heterocycles. The number of allylic oxidation sites excluding steroid dienone is 4. The molecule has 5 rings (SSSR count). The normalized spacial score (nSPS) is 38.6. The van der Waals surface area contributed by atoms with Crippen molar-refractivity contribution in [2.75, 3.05) is 13.6 Å². The van der Waals surface area contributed by atoms with E-state index in [9.17, 15) is 0 Å². The summed E-state index contributed by atoms with van der Waals surface area (Å²) in [6.07, 6.45) is 23.0. The van der Waals surface area contributed by atoms with Crippen LogP contribution < -0.4 is 5.84 Å². The Morgan fingerprint density at radius 1 is 1.07 bits per heavy atom. The summed E-state index contributed by atoms with van der Waals surface area (Å²) in [5.74, 6) is 7.86. The Kier molecular flexibility index (Phi) is 5.40. The third-order valence-corrected chi connectivity index (χ3v) is 8.33. The van der Waals surface area contributed by atoms with Crippen LogP contribution in [-0.2, 0) is 0 Å². The first-order valence-electron chi connectivity index (χ1n) is 11.8. The third kappa shape index (κ3) is 3.52. The molecule has 2 aliphatic heterocycles. The topological polar surface area (TPSA) is 32.5 Å². The lowest BCUT2D eigenvalue weighted by molar-refractivity contribution is 0.183. The number of hydrogen-bond acceptors (Lipinski definition) is 3. The lowest BCUT2D eigenvalue weighted by Crippen LogP contribution is -2.43. The molecule has 0 aromatic rings. The first-order valence-corrected chi connectivity index (χ1v) is 11.8. The molecule has 0 amide bonds. The maximum Gasteiger partial charge on any atom is 0.0499 e. The van der Waals surface area contributed by atoms with Crippen molar-refractivity contribution in [1.82, 2.24) is 9.91 Å². The van der Waals surface area contributed by atoms with Gasteiger partial charge in [0.2, 0.25) is 0 Å². The zero-order valence-electron chi connectivity index (χ0n) is 18.0. The van der Waals surface area contributed by atoms with E-state index in [4.69, 9.17) is 5.84 Å². The number of nitrogens with zero attached hydrogens (tertiary/aromatic N) is 2. The van der Waals surface area contributed by atoms with Gasteiger partial charge in [-0.15, -0.1) is 0 Å². The molecule has 3 heteroatoms. The van der Waals surface area contributed by atoms with Crippen molar-refractivity contribution in [2.45, 2.75) is 75.9 Å². The predicted octanol–water partition coefficient (Wildman–Crippen LogP) is 4.90. The zero-order chi connectivity index (χ0) is 20.0. The van der Waals surface area contributed by atoms with E-state index in [1.165, 1.54) is 63.5 Å². The highest BCUT2D eigenvalue weighted by molar-refractivity contribution is 5.42. The van der Waals surface area contributed by atoms with Gasteiger partial charge in [-0.3, -0.25) is 5.84 Å². The summed E-state index contributed by atoms with van der Waals surface area (Å²) >= 11 is 0. The number of hydrogen-bond donors (Lipinski definition) is 1. The Morgan fingerprint density at radius 2 is 1.97 bits per heavy atom. The lowest BCUT2D eigenvalue weighted by atomic mass is 9.74. The molecule has 4 unspecified atom stereocenters. The van der Waals surface area contributed by atoms with E-state index < -0.39 is 0 Å². The second-order valence-electron chi connectivity index (χ2n) is 9.91. The summed E-state index contributed by atoms with van der Waals surface area (Å²) in [7, 11) is 2.34. The van der Waals surface area contributed by atoms with Gasteiger partial charge in [-0.2, -0.15) is 0 Å². The van der Waals surface area contributed by atoms with E-state index in [1.807, 2.05) is 0 Å². The monoisotopic (exact) mass is 391 g/mol. The van der Waals surface area contributed by atoms with E-state index in [0.717, 1.165) is 6.42 Å². The second kappa shape index (κ2) is 8.02. The Hall–Kier alpha value is -1.42. The standard InChI is InChI=1S/C26H37N3/c1-18-8-4-3-7-15-28(2)25-16-19(11-13-21(18)25)20-12-14-23-22-9-5-6-10-24(22)29(27)26(23)17-20/h5-6,9,11,17,21,23-26H,1,3-4,7-8,10,12-16,27H2,2H3/t21?,23?,24-,25?,26?/m0/s1. The molecule has 0 saturated carbocycles. The fourth-order valence-electron chi connectivity index (χ4n) is 6.60. The Bertz CT molecular complexity index is 786. The molecule has 3 nitrogen and oxygen atoms in total. The van der Waals surface area contributed by atoms with Gasteiger partial charge in [0, 0.05) is 24.0 Å². The molecule has 2 N–H and O–H groups in total. The Labute approximate surface area is 176 Å². The van der Waals surface area contributed by atoms with Crippen LogP contribution >= 0.6 is 0 Å².